The lowest BCUT2D eigenvalue weighted by molar-refractivity contribution is -0.123. The number of rotatable bonds is 11. The lowest BCUT2D eigenvalue weighted by Gasteiger charge is -2.23. The van der Waals surface area contributed by atoms with Crippen LogP contribution in [0.3, 0.4) is 0 Å². The average Bonchev–Trinajstić information content (AvgIpc) is 3.44. The zero-order valence-electron chi connectivity index (χ0n) is 21.9. The van der Waals surface area contributed by atoms with E-state index < -0.39 is 29.4 Å². The van der Waals surface area contributed by atoms with Crippen molar-refractivity contribution in [3.63, 3.8) is 0 Å². The first-order valence-corrected chi connectivity index (χ1v) is 14.3. The maximum atomic E-state index is 13.6. The highest BCUT2D eigenvalue weighted by molar-refractivity contribution is 7.80. The molecule has 2 amide bonds. The second kappa shape index (κ2) is 13.8. The maximum absolute atomic E-state index is 13.6. The minimum absolute atomic E-state index is 0.268. The molecule has 2 aromatic carbocycles. The molecule has 0 saturated carbocycles. The predicted octanol–water partition coefficient (Wildman–Crippen LogP) is 4.43. The number of nitrogens with zero attached hydrogens (tertiary/aromatic N) is 2. The first-order chi connectivity index (χ1) is 19.3. The van der Waals surface area contributed by atoms with Crippen molar-refractivity contribution in [3.8, 4) is 10.6 Å². The van der Waals surface area contributed by atoms with E-state index in [9.17, 15) is 13.8 Å². The molecular weight excluding hydrogens is 550 g/mol. The zero-order chi connectivity index (χ0) is 28.5. The van der Waals surface area contributed by atoms with E-state index in [1.165, 1.54) is 18.4 Å². The highest BCUT2D eigenvalue weighted by Crippen LogP contribution is 2.28. The van der Waals surface area contributed by atoms with E-state index in [-0.39, 0.29) is 12.3 Å². The van der Waals surface area contributed by atoms with Gasteiger partial charge < -0.3 is 15.4 Å². The molecule has 3 atom stereocenters. The first kappa shape index (κ1) is 28.9. The predicted molar refractivity (Wildman–Crippen MR) is 155 cm³/mol. The SMILES string of the molecule is COC(=O)N[C@@H](Cc1ccccc1)C(=O)N[C@@H](Cc1ccc(NS(=O)O)cc1)c1csc(-c2ccc(C)nc2)n1. The number of amides is 2. The molecule has 0 fully saturated rings. The molecule has 4 N–H and O–H groups in total. The number of methoxy groups -OCH3 is 1. The van der Waals surface area contributed by atoms with Crippen LogP contribution in [0.2, 0.25) is 0 Å². The van der Waals surface area contributed by atoms with Gasteiger partial charge in [0, 0.05) is 34.9 Å². The molecule has 0 aliphatic rings. The number of hydrogen-bond acceptors (Lipinski definition) is 7. The molecule has 4 rings (SSSR count). The Morgan fingerprint density at radius 2 is 1.73 bits per heavy atom. The van der Waals surface area contributed by atoms with Gasteiger partial charge in [-0.3, -0.25) is 19.1 Å². The van der Waals surface area contributed by atoms with Gasteiger partial charge in [-0.15, -0.1) is 11.3 Å². The largest absolute Gasteiger partial charge is 0.453 e. The fourth-order valence-corrected chi connectivity index (χ4v) is 5.18. The van der Waals surface area contributed by atoms with Gasteiger partial charge in [0.15, 0.2) is 0 Å². The van der Waals surface area contributed by atoms with Crippen molar-refractivity contribution in [2.45, 2.75) is 31.8 Å². The van der Waals surface area contributed by atoms with E-state index in [1.807, 2.05) is 54.8 Å². The molecule has 4 aromatic rings. The number of anilines is 1. The molecule has 2 aromatic heterocycles. The number of aromatic nitrogens is 2. The molecule has 0 saturated heterocycles. The number of thiazole rings is 1. The van der Waals surface area contributed by atoms with E-state index in [0.717, 1.165) is 27.4 Å². The third kappa shape index (κ3) is 8.18. The van der Waals surface area contributed by atoms with Crippen LogP contribution in [0.4, 0.5) is 10.5 Å². The highest BCUT2D eigenvalue weighted by Gasteiger charge is 2.26. The monoisotopic (exact) mass is 579 g/mol. The summed E-state index contributed by atoms with van der Waals surface area (Å²) in [6, 6.07) is 18.8. The number of pyridine rings is 1. The lowest BCUT2D eigenvalue weighted by atomic mass is 10.0. The highest BCUT2D eigenvalue weighted by atomic mass is 32.2. The van der Waals surface area contributed by atoms with Crippen molar-refractivity contribution in [1.29, 1.82) is 0 Å². The summed E-state index contributed by atoms with van der Waals surface area (Å²) in [5.74, 6) is -0.389. The number of carbonyl (C=O) groups excluding carboxylic acids is 2. The number of alkyl carbamates (subject to hydrolysis) is 1. The molecular formula is C28H29N5O5S2. The summed E-state index contributed by atoms with van der Waals surface area (Å²) in [5.41, 5.74) is 4.65. The minimum Gasteiger partial charge on any atom is -0.453 e. The van der Waals surface area contributed by atoms with Crippen molar-refractivity contribution in [2.24, 2.45) is 0 Å². The number of nitrogens with one attached hydrogen (secondary N) is 3. The number of benzene rings is 2. The molecule has 0 aliphatic heterocycles. The number of hydrogen-bond donors (Lipinski definition) is 4. The van der Waals surface area contributed by atoms with Crippen LogP contribution in [0.15, 0.2) is 78.3 Å². The van der Waals surface area contributed by atoms with Crippen molar-refractivity contribution in [3.05, 3.63) is 101 Å². The van der Waals surface area contributed by atoms with Gasteiger partial charge >= 0.3 is 6.09 Å². The Balaban J connectivity index is 1.60. The van der Waals surface area contributed by atoms with Crippen molar-refractivity contribution in [2.75, 3.05) is 11.8 Å². The number of carbonyl (C=O) groups is 2. The lowest BCUT2D eigenvalue weighted by Crippen LogP contribution is -2.49. The fraction of sp³-hybridized carbons (Fsp3) is 0.214. The van der Waals surface area contributed by atoms with Crippen molar-refractivity contribution < 1.29 is 23.1 Å². The third-order valence-electron chi connectivity index (χ3n) is 6.03. The van der Waals surface area contributed by atoms with Crippen molar-refractivity contribution in [1.82, 2.24) is 20.6 Å². The average molecular weight is 580 g/mol. The molecule has 12 heteroatoms. The van der Waals surface area contributed by atoms with Gasteiger partial charge in [-0.2, -0.15) is 0 Å². The van der Waals surface area contributed by atoms with E-state index >= 15 is 0 Å². The summed E-state index contributed by atoms with van der Waals surface area (Å²) in [6.45, 7) is 1.91. The number of aryl methyl sites for hydroxylation is 1. The topological polar surface area (TPSA) is 143 Å². The van der Waals surface area contributed by atoms with E-state index in [1.54, 1.807) is 30.5 Å². The van der Waals surface area contributed by atoms with Crippen LogP contribution in [0.5, 0.6) is 0 Å². The summed E-state index contributed by atoms with van der Waals surface area (Å²) in [6.07, 6.45) is 1.71. The van der Waals surface area contributed by atoms with Gasteiger partial charge in [-0.05, 0) is 48.7 Å². The molecule has 1 unspecified atom stereocenters. The van der Waals surface area contributed by atoms with Crippen LogP contribution in [0, 0.1) is 6.92 Å². The first-order valence-electron chi connectivity index (χ1n) is 12.3. The zero-order valence-corrected chi connectivity index (χ0v) is 23.5. The molecule has 10 nitrogen and oxygen atoms in total. The maximum Gasteiger partial charge on any atom is 0.407 e. The van der Waals surface area contributed by atoms with E-state index in [2.05, 4.69) is 20.3 Å². The van der Waals surface area contributed by atoms with Crippen LogP contribution >= 0.6 is 11.3 Å². The molecule has 2 heterocycles. The van der Waals surface area contributed by atoms with E-state index in [4.69, 9.17) is 14.3 Å². The van der Waals surface area contributed by atoms with Crippen LogP contribution in [0.25, 0.3) is 10.6 Å². The van der Waals surface area contributed by atoms with Gasteiger partial charge in [0.1, 0.15) is 11.0 Å². The third-order valence-corrected chi connectivity index (χ3v) is 7.35. The van der Waals surface area contributed by atoms with Gasteiger partial charge in [0.2, 0.25) is 5.91 Å². The van der Waals surface area contributed by atoms with E-state index in [0.29, 0.717) is 17.8 Å². The standard InChI is InChI=1S/C28H29N5O5S2/c1-18-8-11-21(16-29-18)27-31-25(17-39-27)23(14-20-9-12-22(13-10-20)33-40(36)37)30-26(34)24(32-28(35)38-2)15-19-6-4-3-5-7-19/h3-13,16-17,23-24,33H,14-15H2,1-2H3,(H,30,34)(H,32,35)(H,36,37)/t23-,24-/m0/s1. The summed E-state index contributed by atoms with van der Waals surface area (Å²) >= 11 is -0.737. The summed E-state index contributed by atoms with van der Waals surface area (Å²) in [5, 5.41) is 8.36. The molecule has 0 bridgehead atoms. The quantitative estimate of drug-likeness (QED) is 0.193. The summed E-state index contributed by atoms with van der Waals surface area (Å²) < 4.78 is 27.3. The van der Waals surface area contributed by atoms with Crippen LogP contribution in [0.1, 0.15) is 28.6 Å². The van der Waals surface area contributed by atoms with Gasteiger partial charge in [0.05, 0.1) is 18.8 Å². The Labute approximate surface area is 238 Å². The van der Waals surface area contributed by atoms with Gasteiger partial charge in [-0.25, -0.2) is 14.0 Å². The molecule has 0 aliphatic carbocycles. The smallest absolute Gasteiger partial charge is 0.407 e. The van der Waals surface area contributed by atoms with Crippen LogP contribution < -0.4 is 15.4 Å². The Bertz CT molecular complexity index is 1450. The Morgan fingerprint density at radius 3 is 2.38 bits per heavy atom. The van der Waals surface area contributed by atoms with Gasteiger partial charge in [0.25, 0.3) is 11.3 Å². The van der Waals surface area contributed by atoms with Crippen LogP contribution in [-0.2, 0) is 33.6 Å². The Hall–Kier alpha value is -4.13. The van der Waals surface area contributed by atoms with Gasteiger partial charge in [-0.1, -0.05) is 42.5 Å². The molecule has 40 heavy (non-hydrogen) atoms. The minimum atomic E-state index is -2.18. The van der Waals surface area contributed by atoms with Crippen LogP contribution in [-0.4, -0.2) is 43.9 Å². The summed E-state index contributed by atoms with van der Waals surface area (Å²) in [4.78, 5) is 34.8. The Morgan fingerprint density at radius 1 is 1.00 bits per heavy atom. The number of ether oxygens (including phenoxy) is 1. The fourth-order valence-electron chi connectivity index (χ4n) is 3.98. The second-order valence-corrected chi connectivity index (χ2v) is 10.5. The second-order valence-electron chi connectivity index (χ2n) is 8.96. The molecule has 0 spiro atoms. The summed E-state index contributed by atoms with van der Waals surface area (Å²) in [7, 11) is 1.25. The van der Waals surface area contributed by atoms with Crippen molar-refractivity contribution >= 4 is 40.3 Å². The normalized spacial score (nSPS) is 13.1. The Kier molecular flexibility index (Phi) is 9.95. The molecule has 0 radical (unpaired) electrons. The molecule has 208 valence electrons.